The Kier molecular flexibility index (Phi) is 29.8. The van der Waals surface area contributed by atoms with E-state index in [-0.39, 0.29) is 23.7 Å². The monoisotopic (exact) mass is 1430 g/mol. The van der Waals surface area contributed by atoms with Crippen molar-refractivity contribution in [3.05, 3.63) is 147 Å². The van der Waals surface area contributed by atoms with Crippen LogP contribution in [0.25, 0.3) is 0 Å². The highest BCUT2D eigenvalue weighted by Gasteiger charge is 2.26. The van der Waals surface area contributed by atoms with Crippen LogP contribution in [0.3, 0.4) is 0 Å². The van der Waals surface area contributed by atoms with Crippen LogP contribution in [-0.2, 0) is 23.8 Å². The molecule has 4 atom stereocenters. The number of Topliss-reactive ketones (excluding diaryl/α,β-unsaturated/α-hetero) is 2. The molecule has 0 bridgehead atoms. The van der Waals surface area contributed by atoms with Crippen molar-refractivity contribution in [2.45, 2.75) is 105 Å². The number of halogens is 6. The van der Waals surface area contributed by atoms with Crippen LogP contribution < -0.4 is 11.5 Å². The van der Waals surface area contributed by atoms with Crippen LogP contribution in [0.2, 0.25) is 0 Å². The van der Waals surface area contributed by atoms with E-state index in [9.17, 15) is 9.59 Å². The van der Waals surface area contributed by atoms with Gasteiger partial charge in [0, 0.05) is 89.6 Å². The van der Waals surface area contributed by atoms with E-state index in [0.717, 1.165) is 61.1 Å². The highest BCUT2D eigenvalue weighted by atomic mass is 79.9. The summed E-state index contributed by atoms with van der Waals surface area (Å²) in [7, 11) is 4.36. The van der Waals surface area contributed by atoms with Crippen LogP contribution in [-0.4, -0.2) is 47.8 Å². The van der Waals surface area contributed by atoms with E-state index < -0.39 is 0 Å². The molecule has 0 radical (unpaired) electrons. The molecule has 0 fully saturated rings. The summed E-state index contributed by atoms with van der Waals surface area (Å²) in [5.41, 5.74) is 20.4. The lowest BCUT2D eigenvalue weighted by Crippen LogP contribution is -2.13. The van der Waals surface area contributed by atoms with E-state index in [4.69, 9.17) is 27.9 Å². The smallest absolute Gasteiger partial charge is 0.160 e. The van der Waals surface area contributed by atoms with Gasteiger partial charge in [0.2, 0.25) is 0 Å². The number of nitrogens with two attached hydrogens (primary N) is 2. The van der Waals surface area contributed by atoms with Gasteiger partial charge in [-0.15, -0.1) is 79.6 Å². The van der Waals surface area contributed by atoms with Crippen molar-refractivity contribution >= 4 is 188 Å². The van der Waals surface area contributed by atoms with E-state index in [1.165, 1.54) is 36.0 Å². The number of rotatable bonds is 8. The quantitative estimate of drug-likeness (QED) is 0.0674. The Balaban J connectivity index is 0.000000220. The van der Waals surface area contributed by atoms with E-state index >= 15 is 0 Å². The van der Waals surface area contributed by atoms with Crippen molar-refractivity contribution in [2.24, 2.45) is 16.6 Å². The Hall–Kier alpha value is -0.760. The van der Waals surface area contributed by atoms with Gasteiger partial charge in [0.15, 0.2) is 11.6 Å². The fourth-order valence-corrected chi connectivity index (χ4v) is 15.7. The van der Waals surface area contributed by atoms with Gasteiger partial charge >= 0.3 is 0 Å². The summed E-state index contributed by atoms with van der Waals surface area (Å²) in [5.74, 6) is 0.816. The van der Waals surface area contributed by atoms with Gasteiger partial charge in [0.1, 0.15) is 6.61 Å². The molecule has 0 amide bonds. The third kappa shape index (κ3) is 22.0. The number of nitrogens with zero attached hydrogens (tertiary/aromatic N) is 3. The summed E-state index contributed by atoms with van der Waals surface area (Å²) < 4.78 is 5.63. The summed E-state index contributed by atoms with van der Waals surface area (Å²) in [6.45, 7) is 20.5. The zero-order valence-electron chi connectivity index (χ0n) is 41.4. The van der Waals surface area contributed by atoms with Crippen LogP contribution >= 0.6 is 171 Å². The van der Waals surface area contributed by atoms with Crippen LogP contribution in [0.5, 0.6) is 0 Å². The number of fused-ring (bicyclic) bond motifs is 2. The summed E-state index contributed by atoms with van der Waals surface area (Å²) in [4.78, 5) is 36.6. The standard InChI is InChI=1S/C9H13NS.C8H10BrNOS.C8H10BrNS.C7H9BrClNS.C6H8BrNS.C6H5BrOS.C6H6OS/c1-6-4-8-7(2)10(3)5-9(8)11-6;1-3-11-10-6(2)7-4-8(9)12-5-7;1-5-6-3-8(9)11-7(6)4-10(5)2;1-4(10)5-2-7(8)11-6(5)3-9;2*1-4(8)5-2-6(7)9-3-5;1-5(7)6-2-3-8-4-6/h4,7H,5H2,1-3H3;4-5H,3H2,1-2H3;3,5H,4H2,1-2H3;2,4H,3,10H2,1H3;2-4H,8H2,1H3;2-3H,1H3;2-4H,1H3/b;10-6+;;;;;. The molecule has 21 heteroatoms. The maximum absolute atomic E-state index is 10.6. The minimum atomic E-state index is 0.0753. The minimum absolute atomic E-state index is 0.0753. The molecular formula is C50H61Br5ClN5O3S7. The van der Waals surface area contributed by atoms with Crippen molar-refractivity contribution in [2.75, 3.05) is 20.7 Å². The highest BCUT2D eigenvalue weighted by Crippen LogP contribution is 2.40. The van der Waals surface area contributed by atoms with Gasteiger partial charge in [-0.2, -0.15) is 11.3 Å². The molecule has 2 aliphatic heterocycles. The predicted molar refractivity (Wildman–Crippen MR) is 332 cm³/mol. The maximum Gasteiger partial charge on any atom is 0.160 e. The van der Waals surface area contributed by atoms with Gasteiger partial charge in [-0.05, 0) is 232 Å². The number of hydrogen-bond donors (Lipinski definition) is 2. The Morgan fingerprint density at radius 3 is 1.61 bits per heavy atom. The molecule has 71 heavy (non-hydrogen) atoms. The predicted octanol–water partition coefficient (Wildman–Crippen LogP) is 19.3. The molecule has 0 aromatic carbocycles. The van der Waals surface area contributed by atoms with Gasteiger partial charge in [-0.25, -0.2) is 0 Å². The molecule has 4 N–H and O–H groups in total. The fraction of sp³-hybridized carbons (Fsp3) is 0.380. The summed E-state index contributed by atoms with van der Waals surface area (Å²) in [6.07, 6.45) is 0. The highest BCUT2D eigenvalue weighted by molar-refractivity contribution is 9.12. The minimum Gasteiger partial charge on any atom is -0.396 e. The third-order valence-corrected chi connectivity index (χ3v) is 20.5. The molecule has 0 aliphatic carbocycles. The second-order valence-corrected chi connectivity index (χ2v) is 30.5. The SMILES string of the molecule is CC(=O)c1ccsc1.CC(=O)c1csc(Br)c1.CC(N)c1cc(Br)sc1CCl.CC(N)c1csc(Br)c1.CC1c2cc(Br)sc2CN1C.CCO/N=C(\C)c1csc(Br)c1.Cc1cc2c(s1)CN(C)C2C. The summed E-state index contributed by atoms with van der Waals surface area (Å²) in [5, 5.41) is 13.6. The van der Waals surface area contributed by atoms with Crippen LogP contribution in [0.15, 0.2) is 93.5 Å². The largest absolute Gasteiger partial charge is 0.396 e. The summed E-state index contributed by atoms with van der Waals surface area (Å²) in [6, 6.07) is 15.8. The topological polar surface area (TPSA) is 114 Å². The van der Waals surface area contributed by atoms with Crippen molar-refractivity contribution < 1.29 is 14.4 Å². The lowest BCUT2D eigenvalue weighted by molar-refractivity contribution is 0.101. The van der Waals surface area contributed by atoms with Gasteiger partial charge in [0.25, 0.3) is 0 Å². The number of alkyl halides is 1. The van der Waals surface area contributed by atoms with Crippen molar-refractivity contribution in [3.8, 4) is 0 Å². The summed E-state index contributed by atoms with van der Waals surface area (Å²) >= 11 is 34.5. The van der Waals surface area contributed by atoms with Crippen molar-refractivity contribution in [3.63, 3.8) is 0 Å². The number of hydrogen-bond acceptors (Lipinski definition) is 15. The zero-order chi connectivity index (χ0) is 53.1. The van der Waals surface area contributed by atoms with E-state index in [1.54, 1.807) is 69.6 Å². The van der Waals surface area contributed by atoms with Crippen LogP contribution in [0.4, 0.5) is 0 Å². The number of aryl methyl sites for hydroxylation is 1. The first-order chi connectivity index (χ1) is 33.4. The maximum atomic E-state index is 10.6. The van der Waals surface area contributed by atoms with Crippen LogP contribution in [0.1, 0.15) is 148 Å². The Bertz CT molecular complexity index is 2660. The first-order valence-electron chi connectivity index (χ1n) is 22.0. The molecule has 7 aromatic rings. The molecular weight excluding hydrogens is 1380 g/mol. The van der Waals surface area contributed by atoms with Crippen LogP contribution in [0, 0.1) is 6.92 Å². The van der Waals surface area contributed by atoms with Gasteiger partial charge in [0.05, 0.1) is 30.5 Å². The van der Waals surface area contributed by atoms with E-state index in [2.05, 4.69) is 153 Å². The number of carbonyl (C=O) groups excluding carboxylic acids is 2. The van der Waals surface area contributed by atoms with Crippen molar-refractivity contribution in [1.29, 1.82) is 0 Å². The number of ketones is 2. The first kappa shape index (κ1) is 64.5. The van der Waals surface area contributed by atoms with E-state index in [1.807, 2.05) is 96.2 Å². The Labute approximate surface area is 495 Å². The van der Waals surface area contributed by atoms with Gasteiger partial charge < -0.3 is 16.3 Å². The molecule has 4 unspecified atom stereocenters. The molecule has 2 aliphatic rings. The molecule has 8 nitrogen and oxygen atoms in total. The molecule has 0 spiro atoms. The van der Waals surface area contributed by atoms with Gasteiger partial charge in [-0.1, -0.05) is 5.16 Å². The van der Waals surface area contributed by atoms with Crippen molar-refractivity contribution in [1.82, 2.24) is 9.80 Å². The Morgan fingerprint density at radius 1 is 0.718 bits per heavy atom. The molecule has 9 rings (SSSR count). The molecule has 0 saturated heterocycles. The molecule has 388 valence electrons. The number of carbonyl (C=O) groups is 2. The normalized spacial score (nSPS) is 15.5. The second kappa shape index (κ2) is 32.7. The lowest BCUT2D eigenvalue weighted by atomic mass is 10.1. The Morgan fingerprint density at radius 2 is 1.24 bits per heavy atom. The average molecular weight is 1440 g/mol. The van der Waals surface area contributed by atoms with E-state index in [0.29, 0.717) is 24.6 Å². The fourth-order valence-electron chi connectivity index (χ4n) is 6.28. The number of oxime groups is 1. The molecule has 0 saturated carbocycles. The van der Waals surface area contributed by atoms with Gasteiger partial charge in [-0.3, -0.25) is 19.4 Å². The molecule has 9 heterocycles. The third-order valence-electron chi connectivity index (χ3n) is 10.5. The number of thiophene rings is 7. The first-order valence-corrected chi connectivity index (χ1v) is 32.5. The molecule has 7 aromatic heterocycles. The second-order valence-electron chi connectivity index (χ2n) is 16.2. The average Bonchev–Trinajstić information content (AvgIpc) is 4.17. The lowest BCUT2D eigenvalue weighted by Gasteiger charge is -2.14. The zero-order valence-corrected chi connectivity index (χ0v) is 55.8.